The van der Waals surface area contributed by atoms with Crippen LogP contribution in [0.5, 0.6) is 0 Å². The van der Waals surface area contributed by atoms with Gasteiger partial charge in [0, 0.05) is 0 Å². The third-order valence-corrected chi connectivity index (χ3v) is 175. The zero-order valence-electron chi connectivity index (χ0n) is 28.4. The number of hydrogen-bond donors (Lipinski definition) is 0. The number of fused-ring (bicyclic) bond motifs is 4. The first kappa shape index (κ1) is 35.2. The van der Waals surface area contributed by atoms with Crippen LogP contribution in [0.4, 0.5) is 0 Å². The van der Waals surface area contributed by atoms with Gasteiger partial charge in [-0.1, -0.05) is 0 Å². The molecule has 0 fully saturated rings. The summed E-state index contributed by atoms with van der Waals surface area (Å²) in [6, 6.07) is 35.2. The van der Waals surface area contributed by atoms with Gasteiger partial charge in [-0.05, 0) is 0 Å². The van der Waals surface area contributed by atoms with Gasteiger partial charge in [0.1, 0.15) is 0 Å². The average Bonchev–Trinajstić information content (AvgIpc) is 3.93. The Kier molecular flexibility index (Phi) is 7.99. The summed E-state index contributed by atoms with van der Waals surface area (Å²) < 4.78 is -0.684. The van der Waals surface area contributed by atoms with Crippen LogP contribution in [0.25, 0.3) is 24.3 Å². The Bertz CT molecular complexity index is 1910. The summed E-state index contributed by atoms with van der Waals surface area (Å²) in [5, 5.41) is 0. The SMILES string of the molecule is CC[CH]([Zr]([Cl])([Cl])([SiH2]C)([CH]1C=Cc2ccccc21)[CH]1C=Cc2ccccc21)[Zr]([Cl])([Cl])([SiH2]C)([CH]1C=Cc2ccccc21)[CH]1C=Cc2ccccc21. The molecule has 8 heteroatoms. The van der Waals surface area contributed by atoms with E-state index in [-0.39, 0.29) is 15.8 Å². The van der Waals surface area contributed by atoms with Crippen molar-refractivity contribution in [1.82, 2.24) is 0 Å². The van der Waals surface area contributed by atoms with Gasteiger partial charge in [-0.2, -0.15) is 0 Å². The Morgan fingerprint density at radius 3 is 0.939 bits per heavy atom. The summed E-state index contributed by atoms with van der Waals surface area (Å²) in [4.78, 5) is 0. The van der Waals surface area contributed by atoms with Crippen LogP contribution >= 0.6 is 34.1 Å². The third kappa shape index (κ3) is 4.22. The van der Waals surface area contributed by atoms with E-state index < -0.39 is 41.4 Å². The summed E-state index contributed by atoms with van der Waals surface area (Å²) >= 11 is -12.3. The molecule has 4 aliphatic rings. The molecular formula is C41H44Cl4Si2Zr2. The molecule has 4 aliphatic carbocycles. The first-order valence-corrected chi connectivity index (χ1v) is 53.9. The van der Waals surface area contributed by atoms with Crippen LogP contribution in [0.15, 0.2) is 121 Å². The Hall–Kier alpha value is -0.800. The van der Waals surface area contributed by atoms with Gasteiger partial charge in [-0.3, -0.25) is 0 Å². The summed E-state index contributed by atoms with van der Waals surface area (Å²) in [5.74, 6) is 0. The Labute approximate surface area is 304 Å². The molecule has 0 nitrogen and oxygen atoms in total. The number of rotatable bonds is 9. The van der Waals surface area contributed by atoms with Crippen molar-refractivity contribution in [2.45, 2.75) is 42.3 Å². The average molecular weight is 917 g/mol. The van der Waals surface area contributed by atoms with E-state index in [0.29, 0.717) is 0 Å². The van der Waals surface area contributed by atoms with Crippen LogP contribution in [0.3, 0.4) is 0 Å². The predicted molar refractivity (Wildman–Crippen MR) is 219 cm³/mol. The standard InChI is InChI=1S/4C9H7.C3H6.2CH5Si.4ClH.2Zr/c4*1-2-5-9-7-3-6-8(9)4-1;1-3-2;2*1-2;;;;;;/h4*1-7H;1H,3H2,2H3;2*2H2,1H3;4*1H;;/q;;;;;;;;;;;2*+2/p-4. The molecule has 0 aromatic heterocycles. The topological polar surface area (TPSA) is 0 Å². The molecule has 0 N–H and O–H groups in total. The van der Waals surface area contributed by atoms with Gasteiger partial charge in [0.25, 0.3) is 0 Å². The normalized spacial score (nSPS) is 25.6. The molecule has 0 aliphatic heterocycles. The molecular weight excluding hydrogens is 873 g/mol. The summed E-state index contributed by atoms with van der Waals surface area (Å²) in [6.07, 6.45) is 19.5. The molecule has 0 spiro atoms. The third-order valence-electron chi connectivity index (χ3n) is 14.4. The zero-order chi connectivity index (χ0) is 34.4. The fourth-order valence-corrected chi connectivity index (χ4v) is 270. The molecule has 4 atom stereocenters. The van der Waals surface area contributed by atoms with Crippen molar-refractivity contribution in [2.24, 2.45) is 0 Å². The molecule has 0 bridgehead atoms. The minimum absolute atomic E-state index is 0.120. The first-order chi connectivity index (χ1) is 23.4. The fraction of sp³-hybridized carbons (Fsp3) is 0.220. The molecule has 4 unspecified atom stereocenters. The zero-order valence-corrected chi connectivity index (χ0v) is 39.1. The molecule has 4 aromatic carbocycles. The fourth-order valence-electron chi connectivity index (χ4n) is 12.3. The van der Waals surface area contributed by atoms with E-state index in [1.165, 1.54) is 44.5 Å². The van der Waals surface area contributed by atoms with Crippen LogP contribution in [0.2, 0.25) is 14.4 Å². The van der Waals surface area contributed by atoms with E-state index in [2.05, 4.69) is 166 Å². The minimum atomic E-state index is -6.15. The van der Waals surface area contributed by atoms with E-state index in [9.17, 15) is 34.1 Å². The van der Waals surface area contributed by atoms with Gasteiger partial charge in [-0.15, -0.1) is 0 Å². The number of allylic oxidation sites excluding steroid dienone is 4. The molecule has 0 saturated carbocycles. The summed E-state index contributed by atoms with van der Waals surface area (Å²) in [7, 11) is 38.0. The summed E-state index contributed by atoms with van der Waals surface area (Å²) in [5.41, 5.74) is 9.92. The van der Waals surface area contributed by atoms with Gasteiger partial charge in [0.05, 0.1) is 0 Å². The number of halogens is 4. The van der Waals surface area contributed by atoms with E-state index in [4.69, 9.17) is 0 Å². The second kappa shape index (κ2) is 11.1. The van der Waals surface area contributed by atoms with Crippen molar-refractivity contribution in [1.29, 1.82) is 0 Å². The second-order valence-corrected chi connectivity index (χ2v) is 123. The summed E-state index contributed by atoms with van der Waals surface area (Å²) in [6.45, 7) is 4.68. The van der Waals surface area contributed by atoms with Crippen molar-refractivity contribution in [2.75, 3.05) is 0 Å². The molecule has 8 rings (SSSR count). The Balaban J connectivity index is 1.57. The van der Waals surface area contributed by atoms with Gasteiger partial charge in [-0.25, -0.2) is 0 Å². The van der Waals surface area contributed by atoms with Crippen LogP contribution < -0.4 is 0 Å². The second-order valence-electron chi connectivity index (χ2n) is 15.7. The van der Waals surface area contributed by atoms with E-state index in [0.717, 1.165) is 6.42 Å². The van der Waals surface area contributed by atoms with Crippen molar-refractivity contribution in [3.05, 3.63) is 166 Å². The van der Waals surface area contributed by atoms with Gasteiger partial charge in [0.2, 0.25) is 0 Å². The Morgan fingerprint density at radius 2 is 0.714 bits per heavy atom. The Morgan fingerprint density at radius 1 is 0.469 bits per heavy atom. The van der Waals surface area contributed by atoms with E-state index in [1.807, 2.05) is 0 Å². The van der Waals surface area contributed by atoms with Crippen LogP contribution in [0, 0.1) is 0 Å². The van der Waals surface area contributed by atoms with E-state index in [1.54, 1.807) is 0 Å². The number of benzene rings is 4. The molecule has 0 heterocycles. The van der Waals surface area contributed by atoms with Crippen molar-refractivity contribution < 1.29 is 28.1 Å². The van der Waals surface area contributed by atoms with Crippen molar-refractivity contribution in [3.8, 4) is 0 Å². The van der Waals surface area contributed by atoms with Crippen LogP contribution in [-0.4, -0.2) is 13.3 Å². The van der Waals surface area contributed by atoms with Gasteiger partial charge in [0.15, 0.2) is 0 Å². The van der Waals surface area contributed by atoms with Crippen LogP contribution in [-0.2, 0) is 28.1 Å². The van der Waals surface area contributed by atoms with Gasteiger partial charge >= 0.3 is 308 Å². The van der Waals surface area contributed by atoms with E-state index >= 15 is 0 Å². The molecule has 49 heavy (non-hydrogen) atoms. The maximum absolute atomic E-state index is 9.51. The molecule has 0 amide bonds. The van der Waals surface area contributed by atoms with Gasteiger partial charge < -0.3 is 0 Å². The molecule has 0 radical (unpaired) electrons. The first-order valence-electron chi connectivity index (χ1n) is 18.0. The van der Waals surface area contributed by atoms with Crippen molar-refractivity contribution >= 4 is 71.6 Å². The van der Waals surface area contributed by atoms with Crippen LogP contribution in [0.1, 0.15) is 72.4 Å². The molecule has 252 valence electrons. The molecule has 4 aromatic rings. The monoisotopic (exact) mass is 912 g/mol. The maximum atomic E-state index is 9.51. The molecule has 0 saturated heterocycles. The van der Waals surface area contributed by atoms with Crippen molar-refractivity contribution in [3.63, 3.8) is 0 Å². The quantitative estimate of drug-likeness (QED) is 0.147. The number of hydrogen-bond acceptors (Lipinski definition) is 0. The predicted octanol–water partition coefficient (Wildman–Crippen LogP) is 12.5.